The topological polar surface area (TPSA) is 75.4 Å². The summed E-state index contributed by atoms with van der Waals surface area (Å²) in [6, 6.07) is 11.6. The van der Waals surface area contributed by atoms with Crippen molar-refractivity contribution in [1.82, 2.24) is 5.32 Å². The minimum atomic E-state index is -0.361. The highest BCUT2D eigenvalue weighted by Crippen LogP contribution is 2.44. The zero-order valence-corrected chi connectivity index (χ0v) is 15.6. The third-order valence-corrected chi connectivity index (χ3v) is 5.78. The molecule has 1 aliphatic rings. The summed E-state index contributed by atoms with van der Waals surface area (Å²) in [6.45, 7) is 6.07. The smallest absolute Gasteiger partial charge is 0.248 e. The fraction of sp³-hybridized carbons (Fsp3) is 0.409. The normalized spacial score (nSPS) is 16.4. The fourth-order valence-corrected chi connectivity index (χ4v) is 4.55. The number of hydrogen-bond acceptors (Lipinski definition) is 3. The van der Waals surface area contributed by atoms with Crippen molar-refractivity contribution in [3.63, 3.8) is 0 Å². The first-order valence-electron chi connectivity index (χ1n) is 9.48. The lowest BCUT2D eigenvalue weighted by Crippen LogP contribution is -2.41. The molecule has 0 aliphatic carbocycles. The molecule has 0 atom stereocenters. The number of carbonyl (C=O) groups excluding carboxylic acids is 1. The summed E-state index contributed by atoms with van der Waals surface area (Å²) in [5, 5.41) is 13.5. The van der Waals surface area contributed by atoms with Gasteiger partial charge in [-0.15, -0.1) is 0 Å². The van der Waals surface area contributed by atoms with E-state index in [-0.39, 0.29) is 11.3 Å². The number of hydrogen-bond donors (Lipinski definition) is 3. The van der Waals surface area contributed by atoms with Gasteiger partial charge in [0, 0.05) is 11.0 Å². The standard InChI is InChI=1S/C22H28N2O2/c1-3-17-18(4-2)20(9-8-19(17)21(23)26)22(10-12-24-13-11-22)15-6-5-7-16(25)14-15/h5-9,14,24-25H,3-4,10-13H2,1-2H3,(H2,23,26). The van der Waals surface area contributed by atoms with E-state index in [9.17, 15) is 9.90 Å². The van der Waals surface area contributed by atoms with Gasteiger partial charge in [0.25, 0.3) is 0 Å². The molecule has 0 spiro atoms. The number of nitrogens with two attached hydrogens (primary N) is 1. The minimum Gasteiger partial charge on any atom is -0.508 e. The molecule has 0 saturated carbocycles. The van der Waals surface area contributed by atoms with E-state index < -0.39 is 0 Å². The van der Waals surface area contributed by atoms with Crippen molar-refractivity contribution in [2.24, 2.45) is 5.73 Å². The minimum absolute atomic E-state index is 0.157. The molecule has 4 nitrogen and oxygen atoms in total. The van der Waals surface area contributed by atoms with Gasteiger partial charge in [0.1, 0.15) is 5.75 Å². The SMILES string of the molecule is CCc1c(C(N)=O)ccc(C2(c3cccc(O)c3)CCNCC2)c1CC. The first kappa shape index (κ1) is 18.5. The average Bonchev–Trinajstić information content (AvgIpc) is 2.67. The van der Waals surface area contributed by atoms with Gasteiger partial charge in [0.2, 0.25) is 5.91 Å². The first-order valence-corrected chi connectivity index (χ1v) is 9.48. The molecule has 0 bridgehead atoms. The second-order valence-electron chi connectivity index (χ2n) is 7.07. The molecule has 4 N–H and O–H groups in total. The Morgan fingerprint density at radius 2 is 1.81 bits per heavy atom. The van der Waals surface area contributed by atoms with Crippen molar-refractivity contribution in [2.75, 3.05) is 13.1 Å². The van der Waals surface area contributed by atoms with Gasteiger partial charge in [0.05, 0.1) is 0 Å². The Morgan fingerprint density at radius 1 is 1.12 bits per heavy atom. The number of phenols is 1. The molecule has 2 aromatic rings. The first-order chi connectivity index (χ1) is 12.5. The third-order valence-electron chi connectivity index (χ3n) is 5.78. The maximum atomic E-state index is 11.9. The molecule has 2 aromatic carbocycles. The second-order valence-corrected chi connectivity index (χ2v) is 7.07. The highest BCUT2D eigenvalue weighted by molar-refractivity contribution is 5.95. The average molecular weight is 352 g/mol. The molecular formula is C22H28N2O2. The van der Waals surface area contributed by atoms with Gasteiger partial charge in [-0.2, -0.15) is 0 Å². The summed E-state index contributed by atoms with van der Waals surface area (Å²) >= 11 is 0. The lowest BCUT2D eigenvalue weighted by Gasteiger charge is -2.41. The number of primary amides is 1. The molecule has 0 radical (unpaired) electrons. The Hall–Kier alpha value is -2.33. The quantitative estimate of drug-likeness (QED) is 0.773. The molecule has 3 rings (SSSR count). The van der Waals surface area contributed by atoms with Gasteiger partial charge >= 0.3 is 0 Å². The summed E-state index contributed by atoms with van der Waals surface area (Å²) in [6.07, 6.45) is 3.56. The van der Waals surface area contributed by atoms with Crippen LogP contribution in [-0.2, 0) is 18.3 Å². The van der Waals surface area contributed by atoms with E-state index in [1.54, 1.807) is 6.07 Å². The lowest BCUT2D eigenvalue weighted by molar-refractivity contribution is 0.0999. The van der Waals surface area contributed by atoms with Gasteiger partial charge in [-0.05, 0) is 79.2 Å². The van der Waals surface area contributed by atoms with Crippen LogP contribution in [0.25, 0.3) is 0 Å². The van der Waals surface area contributed by atoms with Crippen molar-refractivity contribution in [3.05, 3.63) is 64.2 Å². The fourth-order valence-electron chi connectivity index (χ4n) is 4.55. The van der Waals surface area contributed by atoms with E-state index >= 15 is 0 Å². The monoisotopic (exact) mass is 352 g/mol. The molecular weight excluding hydrogens is 324 g/mol. The number of piperidine rings is 1. The van der Waals surface area contributed by atoms with E-state index in [1.807, 2.05) is 18.2 Å². The summed E-state index contributed by atoms with van der Waals surface area (Å²) < 4.78 is 0. The Balaban J connectivity index is 2.27. The summed E-state index contributed by atoms with van der Waals surface area (Å²) in [7, 11) is 0. The molecule has 1 saturated heterocycles. The highest BCUT2D eigenvalue weighted by Gasteiger charge is 2.38. The molecule has 0 aromatic heterocycles. The van der Waals surface area contributed by atoms with Gasteiger partial charge in [-0.3, -0.25) is 4.79 Å². The van der Waals surface area contributed by atoms with E-state index in [2.05, 4.69) is 31.3 Å². The summed E-state index contributed by atoms with van der Waals surface area (Å²) in [5.41, 5.74) is 10.8. The number of nitrogens with one attached hydrogen (secondary N) is 1. The van der Waals surface area contributed by atoms with E-state index in [1.165, 1.54) is 11.1 Å². The highest BCUT2D eigenvalue weighted by atomic mass is 16.3. The number of phenolic OH excluding ortho intramolecular Hbond substituents is 1. The molecule has 1 heterocycles. The zero-order chi connectivity index (χ0) is 18.7. The molecule has 1 fully saturated rings. The van der Waals surface area contributed by atoms with Crippen LogP contribution < -0.4 is 11.1 Å². The number of benzene rings is 2. The van der Waals surface area contributed by atoms with Gasteiger partial charge in [-0.25, -0.2) is 0 Å². The van der Waals surface area contributed by atoms with Crippen LogP contribution in [0, 0.1) is 0 Å². The van der Waals surface area contributed by atoms with Crippen molar-refractivity contribution < 1.29 is 9.90 Å². The molecule has 1 aliphatic heterocycles. The van der Waals surface area contributed by atoms with Crippen LogP contribution in [0.15, 0.2) is 36.4 Å². The number of amides is 1. The molecule has 4 heteroatoms. The number of aromatic hydroxyl groups is 1. The molecule has 0 unspecified atom stereocenters. The van der Waals surface area contributed by atoms with Crippen molar-refractivity contribution in [1.29, 1.82) is 0 Å². The Labute approximate surface area is 155 Å². The summed E-state index contributed by atoms with van der Waals surface area (Å²) in [5.74, 6) is -0.0669. The third kappa shape index (κ3) is 3.10. The summed E-state index contributed by atoms with van der Waals surface area (Å²) in [4.78, 5) is 11.9. The zero-order valence-electron chi connectivity index (χ0n) is 15.6. The number of rotatable bonds is 5. The predicted octanol–water partition coefficient (Wildman–Crippen LogP) is 3.29. The lowest BCUT2D eigenvalue weighted by atomic mass is 9.66. The van der Waals surface area contributed by atoms with Crippen molar-refractivity contribution >= 4 is 5.91 Å². The van der Waals surface area contributed by atoms with Crippen LogP contribution in [0.5, 0.6) is 5.75 Å². The Morgan fingerprint density at radius 3 is 2.38 bits per heavy atom. The van der Waals surface area contributed by atoms with Gasteiger partial charge < -0.3 is 16.2 Å². The van der Waals surface area contributed by atoms with Crippen LogP contribution in [0.3, 0.4) is 0 Å². The maximum absolute atomic E-state index is 11.9. The Kier molecular flexibility index (Phi) is 5.33. The molecule has 1 amide bonds. The largest absolute Gasteiger partial charge is 0.508 e. The van der Waals surface area contributed by atoms with E-state index in [0.717, 1.165) is 49.9 Å². The van der Waals surface area contributed by atoms with Crippen LogP contribution in [0.4, 0.5) is 0 Å². The number of carbonyl (C=O) groups is 1. The van der Waals surface area contributed by atoms with Crippen molar-refractivity contribution in [2.45, 2.75) is 44.9 Å². The van der Waals surface area contributed by atoms with Gasteiger partial charge in [0.15, 0.2) is 0 Å². The second kappa shape index (κ2) is 7.50. The van der Waals surface area contributed by atoms with Gasteiger partial charge in [-0.1, -0.05) is 32.0 Å². The van der Waals surface area contributed by atoms with E-state index in [4.69, 9.17) is 5.73 Å². The molecule has 138 valence electrons. The van der Waals surface area contributed by atoms with E-state index in [0.29, 0.717) is 11.3 Å². The van der Waals surface area contributed by atoms with Crippen LogP contribution in [0.1, 0.15) is 59.3 Å². The van der Waals surface area contributed by atoms with Crippen molar-refractivity contribution in [3.8, 4) is 5.75 Å². The maximum Gasteiger partial charge on any atom is 0.248 e. The van der Waals surface area contributed by atoms with Crippen LogP contribution in [-0.4, -0.2) is 24.1 Å². The Bertz CT molecular complexity index is 808. The molecule has 26 heavy (non-hydrogen) atoms. The predicted molar refractivity (Wildman–Crippen MR) is 105 cm³/mol. The van der Waals surface area contributed by atoms with Crippen LogP contribution in [0.2, 0.25) is 0 Å². The van der Waals surface area contributed by atoms with Crippen LogP contribution >= 0.6 is 0 Å².